The highest BCUT2D eigenvalue weighted by atomic mass is 32.2. The van der Waals surface area contributed by atoms with Crippen molar-refractivity contribution in [2.24, 2.45) is 0 Å². The molecule has 1 heterocycles. The molecule has 0 aliphatic heterocycles. The van der Waals surface area contributed by atoms with Crippen LogP contribution in [0.1, 0.15) is 25.3 Å². The number of rotatable bonds is 5. The summed E-state index contributed by atoms with van der Waals surface area (Å²) in [5, 5.41) is 9.17. The minimum Gasteiger partial charge on any atom is -0.481 e. The molecule has 0 bridgehead atoms. The lowest BCUT2D eigenvalue weighted by Crippen LogP contribution is -2.13. The standard InChI is InChI=1S/C15H16N2O3S/c1-10(2)11-4-3-5-12(8-11)17-7-6-13(18)16-15(17)21-9-14(19)20/h3-8,10H,9H2,1-2H3,(H,19,20). The third-order valence-corrected chi connectivity index (χ3v) is 3.86. The summed E-state index contributed by atoms with van der Waals surface area (Å²) >= 11 is 1.03. The van der Waals surface area contributed by atoms with Crippen LogP contribution < -0.4 is 5.56 Å². The Hall–Kier alpha value is -2.08. The number of nitrogens with zero attached hydrogens (tertiary/aromatic N) is 2. The smallest absolute Gasteiger partial charge is 0.313 e. The van der Waals surface area contributed by atoms with E-state index >= 15 is 0 Å². The molecule has 0 saturated heterocycles. The molecule has 0 amide bonds. The van der Waals surface area contributed by atoms with Crippen molar-refractivity contribution in [2.75, 3.05) is 5.75 Å². The normalized spacial score (nSPS) is 10.8. The molecule has 0 aliphatic rings. The maximum atomic E-state index is 11.4. The van der Waals surface area contributed by atoms with Crippen molar-refractivity contribution >= 4 is 17.7 Å². The second-order valence-electron chi connectivity index (χ2n) is 4.85. The first-order chi connectivity index (χ1) is 9.97. The number of hydrogen-bond donors (Lipinski definition) is 1. The molecule has 2 aromatic rings. The maximum Gasteiger partial charge on any atom is 0.313 e. The summed E-state index contributed by atoms with van der Waals surface area (Å²) in [6.45, 7) is 4.20. The first-order valence-corrected chi connectivity index (χ1v) is 7.50. The molecule has 6 heteroatoms. The van der Waals surface area contributed by atoms with Gasteiger partial charge in [0.1, 0.15) is 0 Å². The van der Waals surface area contributed by atoms with Gasteiger partial charge in [0.05, 0.1) is 5.75 Å². The van der Waals surface area contributed by atoms with Gasteiger partial charge in [0.15, 0.2) is 5.16 Å². The Morgan fingerprint density at radius 1 is 1.38 bits per heavy atom. The topological polar surface area (TPSA) is 72.2 Å². The second-order valence-corrected chi connectivity index (χ2v) is 5.79. The number of benzene rings is 1. The van der Waals surface area contributed by atoms with Gasteiger partial charge in [-0.3, -0.25) is 14.2 Å². The Kier molecular flexibility index (Phi) is 4.80. The van der Waals surface area contributed by atoms with E-state index < -0.39 is 5.97 Å². The Bertz CT molecular complexity index is 710. The number of thioether (sulfide) groups is 1. The first-order valence-electron chi connectivity index (χ1n) is 6.52. The highest BCUT2D eigenvalue weighted by Crippen LogP contribution is 2.22. The molecule has 0 spiro atoms. The third kappa shape index (κ3) is 3.95. The van der Waals surface area contributed by atoms with Crippen molar-refractivity contribution in [1.82, 2.24) is 9.55 Å². The first kappa shape index (κ1) is 15.3. The van der Waals surface area contributed by atoms with Crippen molar-refractivity contribution in [1.29, 1.82) is 0 Å². The number of carboxylic acids is 1. The maximum absolute atomic E-state index is 11.4. The summed E-state index contributed by atoms with van der Waals surface area (Å²) < 4.78 is 1.74. The fourth-order valence-corrected chi connectivity index (χ4v) is 2.56. The molecule has 2 rings (SSSR count). The lowest BCUT2D eigenvalue weighted by atomic mass is 10.0. The zero-order valence-corrected chi connectivity index (χ0v) is 12.6. The van der Waals surface area contributed by atoms with Gasteiger partial charge in [-0.15, -0.1) is 0 Å². The lowest BCUT2D eigenvalue weighted by molar-refractivity contribution is -0.133. The van der Waals surface area contributed by atoms with Crippen molar-refractivity contribution in [3.05, 3.63) is 52.4 Å². The average molecular weight is 304 g/mol. The highest BCUT2D eigenvalue weighted by Gasteiger charge is 2.09. The molecule has 1 aromatic carbocycles. The molecule has 0 fully saturated rings. The van der Waals surface area contributed by atoms with Gasteiger partial charge in [0.2, 0.25) is 0 Å². The zero-order valence-electron chi connectivity index (χ0n) is 11.8. The van der Waals surface area contributed by atoms with Crippen molar-refractivity contribution in [3.8, 4) is 5.69 Å². The van der Waals surface area contributed by atoms with Gasteiger partial charge in [-0.05, 0) is 23.6 Å². The molecule has 0 atom stereocenters. The van der Waals surface area contributed by atoms with E-state index in [0.29, 0.717) is 11.1 Å². The van der Waals surface area contributed by atoms with Crippen molar-refractivity contribution in [3.63, 3.8) is 0 Å². The van der Waals surface area contributed by atoms with Gasteiger partial charge < -0.3 is 5.11 Å². The third-order valence-electron chi connectivity index (χ3n) is 2.92. The Balaban J connectivity index is 2.45. The van der Waals surface area contributed by atoms with Crippen LogP contribution in [0.15, 0.2) is 46.5 Å². The molecule has 21 heavy (non-hydrogen) atoms. The summed E-state index contributed by atoms with van der Waals surface area (Å²) in [5.41, 5.74) is 1.65. The molecule has 110 valence electrons. The van der Waals surface area contributed by atoms with E-state index in [1.807, 2.05) is 24.3 Å². The number of carbonyl (C=O) groups is 1. The molecular weight excluding hydrogens is 288 g/mol. The van der Waals surface area contributed by atoms with E-state index in [4.69, 9.17) is 5.11 Å². The minimum atomic E-state index is -0.944. The van der Waals surface area contributed by atoms with E-state index in [9.17, 15) is 9.59 Å². The van der Waals surface area contributed by atoms with Crippen LogP contribution in [0.2, 0.25) is 0 Å². The molecule has 1 N–H and O–H groups in total. The fraction of sp³-hybridized carbons (Fsp3) is 0.267. The van der Waals surface area contributed by atoms with E-state index in [-0.39, 0.29) is 11.3 Å². The summed E-state index contributed by atoms with van der Waals surface area (Å²) in [4.78, 5) is 26.0. The molecule has 0 aliphatic carbocycles. The van der Waals surface area contributed by atoms with Crippen LogP contribution in [0.25, 0.3) is 5.69 Å². The summed E-state index contributed by atoms with van der Waals surface area (Å²) in [6.07, 6.45) is 1.62. The summed E-state index contributed by atoms with van der Waals surface area (Å²) in [5.74, 6) is -0.701. The van der Waals surface area contributed by atoms with Gasteiger partial charge >= 0.3 is 5.97 Å². The zero-order chi connectivity index (χ0) is 15.4. The molecule has 5 nitrogen and oxygen atoms in total. The second kappa shape index (κ2) is 6.58. The van der Waals surface area contributed by atoms with Crippen LogP contribution >= 0.6 is 11.8 Å². The van der Waals surface area contributed by atoms with Gasteiger partial charge in [0, 0.05) is 18.0 Å². The summed E-state index contributed by atoms with van der Waals surface area (Å²) in [7, 11) is 0. The molecular formula is C15H16N2O3S. The summed E-state index contributed by atoms with van der Waals surface area (Å²) in [6, 6.07) is 9.26. The van der Waals surface area contributed by atoms with Gasteiger partial charge in [-0.1, -0.05) is 37.7 Å². The van der Waals surface area contributed by atoms with Crippen LogP contribution in [0.4, 0.5) is 0 Å². The van der Waals surface area contributed by atoms with Gasteiger partial charge in [0.25, 0.3) is 5.56 Å². The Morgan fingerprint density at radius 2 is 2.14 bits per heavy atom. The SMILES string of the molecule is CC(C)c1cccc(-n2ccc(=O)nc2SCC(=O)O)c1. The highest BCUT2D eigenvalue weighted by molar-refractivity contribution is 7.99. The van der Waals surface area contributed by atoms with Crippen LogP contribution in [-0.4, -0.2) is 26.4 Å². The Morgan fingerprint density at radius 3 is 2.81 bits per heavy atom. The number of hydrogen-bond acceptors (Lipinski definition) is 4. The van der Waals surface area contributed by atoms with Crippen molar-refractivity contribution < 1.29 is 9.90 Å². The monoisotopic (exact) mass is 304 g/mol. The largest absolute Gasteiger partial charge is 0.481 e. The van der Waals surface area contributed by atoms with Crippen molar-refractivity contribution in [2.45, 2.75) is 24.9 Å². The number of carboxylic acid groups (broad SMARTS) is 1. The van der Waals surface area contributed by atoms with E-state index in [1.54, 1.807) is 10.8 Å². The van der Waals surface area contributed by atoms with E-state index in [0.717, 1.165) is 17.4 Å². The van der Waals surface area contributed by atoms with E-state index in [1.165, 1.54) is 11.6 Å². The average Bonchev–Trinajstić information content (AvgIpc) is 2.45. The number of aliphatic carboxylic acids is 1. The molecule has 0 saturated carbocycles. The predicted molar refractivity (Wildman–Crippen MR) is 82.3 cm³/mol. The quantitative estimate of drug-likeness (QED) is 0.679. The molecule has 0 radical (unpaired) electrons. The van der Waals surface area contributed by atoms with E-state index in [2.05, 4.69) is 18.8 Å². The minimum absolute atomic E-state index is 0.139. The van der Waals surface area contributed by atoms with Gasteiger partial charge in [-0.2, -0.15) is 4.98 Å². The van der Waals surface area contributed by atoms with Gasteiger partial charge in [-0.25, -0.2) is 0 Å². The number of aromatic nitrogens is 2. The molecule has 0 unspecified atom stereocenters. The van der Waals surface area contributed by atoms with Crippen LogP contribution in [0.3, 0.4) is 0 Å². The molecule has 1 aromatic heterocycles. The van der Waals surface area contributed by atoms with Crippen LogP contribution in [-0.2, 0) is 4.79 Å². The predicted octanol–water partition coefficient (Wildman–Crippen LogP) is 2.53. The van der Waals surface area contributed by atoms with Crippen LogP contribution in [0, 0.1) is 0 Å². The Labute approximate surface area is 126 Å². The fourth-order valence-electron chi connectivity index (χ4n) is 1.85. The lowest BCUT2D eigenvalue weighted by Gasteiger charge is -2.13. The van der Waals surface area contributed by atoms with Crippen LogP contribution in [0.5, 0.6) is 0 Å².